The van der Waals surface area contributed by atoms with E-state index in [2.05, 4.69) is 48.7 Å². The Hall–Kier alpha value is -2.40. The summed E-state index contributed by atoms with van der Waals surface area (Å²) in [6.45, 7) is 4.97. The Kier molecular flexibility index (Phi) is 5.34. The lowest BCUT2D eigenvalue weighted by molar-refractivity contribution is -0.117. The Balaban J connectivity index is 1.57. The summed E-state index contributed by atoms with van der Waals surface area (Å²) in [6.07, 6.45) is 1.58. The van der Waals surface area contributed by atoms with Gasteiger partial charge in [-0.25, -0.2) is 0 Å². The highest BCUT2D eigenvalue weighted by Crippen LogP contribution is 2.23. The van der Waals surface area contributed by atoms with E-state index in [-0.39, 0.29) is 11.9 Å². The molecule has 2 aromatic carbocycles. The first kappa shape index (κ1) is 17.4. The zero-order chi connectivity index (χ0) is 17.8. The SMILES string of the molecule is Cc1ccc([C@@H](C)NC(=S)Nc2ccc(N3CCCC3=O)cc2)cc1. The van der Waals surface area contributed by atoms with Gasteiger partial charge in [0.25, 0.3) is 0 Å². The fourth-order valence-electron chi connectivity index (χ4n) is 2.95. The van der Waals surface area contributed by atoms with Gasteiger partial charge in [0.15, 0.2) is 5.11 Å². The topological polar surface area (TPSA) is 44.4 Å². The number of benzene rings is 2. The Bertz CT molecular complexity index is 756. The summed E-state index contributed by atoms with van der Waals surface area (Å²) in [4.78, 5) is 13.6. The summed E-state index contributed by atoms with van der Waals surface area (Å²) in [7, 11) is 0. The van der Waals surface area contributed by atoms with Crippen molar-refractivity contribution in [2.24, 2.45) is 0 Å². The minimum absolute atomic E-state index is 0.127. The highest BCUT2D eigenvalue weighted by atomic mass is 32.1. The van der Waals surface area contributed by atoms with Crippen molar-refractivity contribution in [3.8, 4) is 0 Å². The molecule has 1 fully saturated rings. The third-order valence-electron chi connectivity index (χ3n) is 4.44. The Labute approximate surface area is 154 Å². The molecule has 1 atom stereocenters. The molecule has 0 spiro atoms. The van der Waals surface area contributed by atoms with Crippen LogP contribution in [0.15, 0.2) is 48.5 Å². The van der Waals surface area contributed by atoms with E-state index in [0.29, 0.717) is 11.5 Å². The third kappa shape index (κ3) is 4.37. The van der Waals surface area contributed by atoms with Gasteiger partial charge in [0.1, 0.15) is 0 Å². The average Bonchev–Trinajstić information content (AvgIpc) is 3.02. The number of anilines is 2. The summed E-state index contributed by atoms with van der Waals surface area (Å²) >= 11 is 5.41. The maximum absolute atomic E-state index is 11.8. The fourth-order valence-corrected chi connectivity index (χ4v) is 3.24. The number of carbonyl (C=O) groups excluding carboxylic acids is 1. The Morgan fingerprint density at radius 2 is 1.80 bits per heavy atom. The average molecular weight is 353 g/mol. The highest BCUT2D eigenvalue weighted by Gasteiger charge is 2.21. The van der Waals surface area contributed by atoms with Crippen LogP contribution in [0.3, 0.4) is 0 Å². The molecule has 1 aliphatic rings. The maximum Gasteiger partial charge on any atom is 0.227 e. The molecule has 3 rings (SSSR count). The number of amides is 1. The van der Waals surface area contributed by atoms with Crippen LogP contribution in [-0.4, -0.2) is 17.6 Å². The van der Waals surface area contributed by atoms with Crippen molar-refractivity contribution in [1.82, 2.24) is 5.32 Å². The van der Waals surface area contributed by atoms with Gasteiger partial charge in [0, 0.05) is 24.3 Å². The van der Waals surface area contributed by atoms with Crippen LogP contribution in [0.4, 0.5) is 11.4 Å². The molecular weight excluding hydrogens is 330 g/mol. The minimum Gasteiger partial charge on any atom is -0.356 e. The standard InChI is InChI=1S/C20H23N3OS/c1-14-5-7-16(8-6-14)15(2)21-20(25)22-17-9-11-18(12-10-17)23-13-3-4-19(23)24/h5-12,15H,3-4,13H2,1-2H3,(H2,21,22,25)/t15-/m1/s1. The van der Waals surface area contributed by atoms with E-state index in [1.807, 2.05) is 29.2 Å². The fraction of sp³-hybridized carbons (Fsp3) is 0.300. The monoisotopic (exact) mass is 353 g/mol. The lowest BCUT2D eigenvalue weighted by atomic mass is 10.1. The van der Waals surface area contributed by atoms with Gasteiger partial charge in [-0.2, -0.15) is 0 Å². The molecule has 0 saturated carbocycles. The van der Waals surface area contributed by atoms with Gasteiger partial charge in [0.05, 0.1) is 6.04 Å². The second-order valence-corrected chi connectivity index (χ2v) is 6.83. The number of hydrogen-bond donors (Lipinski definition) is 2. The summed E-state index contributed by atoms with van der Waals surface area (Å²) in [5.74, 6) is 0.199. The van der Waals surface area contributed by atoms with Crippen molar-refractivity contribution in [2.45, 2.75) is 32.7 Å². The van der Waals surface area contributed by atoms with Crippen molar-refractivity contribution < 1.29 is 4.79 Å². The molecule has 2 N–H and O–H groups in total. The van der Waals surface area contributed by atoms with Gasteiger partial charge in [-0.15, -0.1) is 0 Å². The first-order valence-electron chi connectivity index (χ1n) is 8.57. The summed E-state index contributed by atoms with van der Waals surface area (Å²) in [5, 5.41) is 7.08. The van der Waals surface area contributed by atoms with E-state index in [1.54, 1.807) is 0 Å². The number of nitrogens with one attached hydrogen (secondary N) is 2. The lowest BCUT2D eigenvalue weighted by Crippen LogP contribution is -2.30. The maximum atomic E-state index is 11.8. The van der Waals surface area contributed by atoms with E-state index >= 15 is 0 Å². The van der Waals surface area contributed by atoms with Crippen molar-refractivity contribution in [2.75, 3.05) is 16.8 Å². The van der Waals surface area contributed by atoms with Crippen molar-refractivity contribution in [3.05, 3.63) is 59.7 Å². The number of nitrogens with zero attached hydrogens (tertiary/aromatic N) is 1. The Morgan fingerprint density at radius 3 is 2.40 bits per heavy atom. The summed E-state index contributed by atoms with van der Waals surface area (Å²) in [5.41, 5.74) is 4.29. The van der Waals surface area contributed by atoms with Crippen LogP contribution < -0.4 is 15.5 Å². The molecule has 1 heterocycles. The molecule has 1 aliphatic heterocycles. The molecule has 25 heavy (non-hydrogen) atoms. The molecule has 0 unspecified atom stereocenters. The number of thiocarbonyl (C=S) groups is 1. The number of carbonyl (C=O) groups is 1. The van der Waals surface area contributed by atoms with Gasteiger partial charge in [0.2, 0.25) is 5.91 Å². The number of rotatable bonds is 4. The van der Waals surface area contributed by atoms with E-state index < -0.39 is 0 Å². The third-order valence-corrected chi connectivity index (χ3v) is 4.66. The quantitative estimate of drug-likeness (QED) is 0.810. The molecule has 1 saturated heterocycles. The summed E-state index contributed by atoms with van der Waals surface area (Å²) < 4.78 is 0. The van der Waals surface area contributed by atoms with Gasteiger partial charge in [-0.3, -0.25) is 4.79 Å². The molecule has 0 bridgehead atoms. The minimum atomic E-state index is 0.127. The highest BCUT2D eigenvalue weighted by molar-refractivity contribution is 7.80. The van der Waals surface area contributed by atoms with Crippen molar-refractivity contribution >= 4 is 34.6 Å². The number of aryl methyl sites for hydroxylation is 1. The van der Waals surface area contributed by atoms with Gasteiger partial charge >= 0.3 is 0 Å². The first-order chi connectivity index (χ1) is 12.0. The molecule has 0 aliphatic carbocycles. The van der Waals surface area contributed by atoms with Crippen LogP contribution in [0.5, 0.6) is 0 Å². The zero-order valence-electron chi connectivity index (χ0n) is 14.6. The smallest absolute Gasteiger partial charge is 0.227 e. The van der Waals surface area contributed by atoms with Crippen LogP contribution in [0.1, 0.15) is 36.9 Å². The molecule has 1 amide bonds. The van der Waals surface area contributed by atoms with E-state index in [1.165, 1.54) is 11.1 Å². The predicted molar refractivity (Wildman–Crippen MR) is 107 cm³/mol. The molecule has 5 heteroatoms. The molecule has 130 valence electrons. The molecule has 0 aromatic heterocycles. The molecule has 4 nitrogen and oxygen atoms in total. The van der Waals surface area contributed by atoms with Gasteiger partial charge < -0.3 is 15.5 Å². The van der Waals surface area contributed by atoms with Crippen LogP contribution in [0.2, 0.25) is 0 Å². The number of hydrogen-bond acceptors (Lipinski definition) is 2. The molecule has 0 radical (unpaired) electrons. The lowest BCUT2D eigenvalue weighted by Gasteiger charge is -2.19. The van der Waals surface area contributed by atoms with Gasteiger partial charge in [-0.1, -0.05) is 29.8 Å². The van der Waals surface area contributed by atoms with Crippen LogP contribution in [0.25, 0.3) is 0 Å². The van der Waals surface area contributed by atoms with E-state index in [0.717, 1.165) is 24.3 Å². The largest absolute Gasteiger partial charge is 0.356 e. The van der Waals surface area contributed by atoms with Crippen LogP contribution in [-0.2, 0) is 4.79 Å². The summed E-state index contributed by atoms with van der Waals surface area (Å²) in [6, 6.07) is 16.4. The van der Waals surface area contributed by atoms with E-state index in [4.69, 9.17) is 12.2 Å². The van der Waals surface area contributed by atoms with Gasteiger partial charge in [-0.05, 0) is 62.3 Å². The zero-order valence-corrected chi connectivity index (χ0v) is 15.4. The van der Waals surface area contributed by atoms with Crippen LogP contribution in [0, 0.1) is 6.92 Å². The van der Waals surface area contributed by atoms with Crippen LogP contribution >= 0.6 is 12.2 Å². The Morgan fingerprint density at radius 1 is 1.12 bits per heavy atom. The normalized spacial score (nSPS) is 15.1. The second kappa shape index (κ2) is 7.66. The van der Waals surface area contributed by atoms with Crippen molar-refractivity contribution in [1.29, 1.82) is 0 Å². The second-order valence-electron chi connectivity index (χ2n) is 6.43. The predicted octanol–water partition coefficient (Wildman–Crippen LogP) is 4.17. The van der Waals surface area contributed by atoms with Crippen molar-refractivity contribution in [3.63, 3.8) is 0 Å². The van der Waals surface area contributed by atoms with E-state index in [9.17, 15) is 4.79 Å². The molecular formula is C20H23N3OS. The molecule has 2 aromatic rings. The first-order valence-corrected chi connectivity index (χ1v) is 8.98.